The standard InChI is InChI=1S/C48H24Cl2N8/c49-48-40-24-32-16-8-7-15-31(32)23-39(40)45(57-48)53-43-36-20-28-12-4-6-14-30(28)22-38(36)47(55-43)58(50)46-37-21-29-13-5-3-11-27(29)19-35(37)42(54-46)51-41-33-17-25-9-1-2-10-26(25)18-34(33)44(52-41)56-48/h1-24H. The molecule has 8 bridgehead atoms. The summed E-state index contributed by atoms with van der Waals surface area (Å²) >= 11 is 15.2. The highest BCUT2D eigenvalue weighted by Crippen LogP contribution is 2.45. The van der Waals surface area contributed by atoms with Crippen molar-refractivity contribution in [2.24, 2.45) is 34.9 Å². The first-order valence-electron chi connectivity index (χ1n) is 18.9. The molecule has 58 heavy (non-hydrogen) atoms. The van der Waals surface area contributed by atoms with E-state index in [1.54, 1.807) is 0 Å². The van der Waals surface area contributed by atoms with Crippen LogP contribution in [0, 0.1) is 0 Å². The fraction of sp³-hybridized carbons (Fsp3) is 0.0208. The molecule has 0 amide bonds. The third kappa shape index (κ3) is 4.55. The molecular formula is C48H24Cl2N8. The van der Waals surface area contributed by atoms with Crippen molar-refractivity contribution in [2.45, 2.75) is 5.12 Å². The lowest BCUT2D eigenvalue weighted by molar-refractivity contribution is 0.703. The van der Waals surface area contributed by atoms with Crippen molar-refractivity contribution in [1.82, 2.24) is 4.42 Å². The van der Waals surface area contributed by atoms with Crippen LogP contribution in [0.4, 0.5) is 0 Å². The summed E-state index contributed by atoms with van der Waals surface area (Å²) in [5.74, 6) is 3.18. The third-order valence-corrected chi connectivity index (χ3v) is 12.2. The van der Waals surface area contributed by atoms with Crippen molar-refractivity contribution >= 4 is 107 Å². The Morgan fingerprint density at radius 2 is 0.638 bits per heavy atom. The van der Waals surface area contributed by atoms with Crippen LogP contribution in [0.1, 0.15) is 44.5 Å². The summed E-state index contributed by atoms with van der Waals surface area (Å²) in [6, 6.07) is 49.5. The molecule has 5 heterocycles. The zero-order valence-corrected chi connectivity index (χ0v) is 31.7. The molecule has 5 aliphatic rings. The van der Waals surface area contributed by atoms with Crippen molar-refractivity contribution in [2.75, 3.05) is 0 Å². The van der Waals surface area contributed by atoms with Crippen LogP contribution in [-0.4, -0.2) is 45.3 Å². The highest BCUT2D eigenvalue weighted by molar-refractivity contribution is 6.44. The summed E-state index contributed by atoms with van der Waals surface area (Å²) in [5, 5.41) is 6.70. The van der Waals surface area contributed by atoms with E-state index in [2.05, 4.69) is 97.1 Å². The van der Waals surface area contributed by atoms with Crippen LogP contribution in [0.3, 0.4) is 0 Å². The predicted molar refractivity (Wildman–Crippen MR) is 237 cm³/mol. The Balaban J connectivity index is 1.14. The molecule has 8 aromatic carbocycles. The average Bonchev–Trinajstić information content (AvgIpc) is 3.96. The molecule has 13 rings (SSSR count). The predicted octanol–water partition coefficient (Wildman–Crippen LogP) is 10.5. The number of amidine groups is 7. The van der Waals surface area contributed by atoms with E-state index in [4.69, 9.17) is 58.3 Å². The van der Waals surface area contributed by atoms with Gasteiger partial charge in [-0.05, 0) is 91.6 Å². The fourth-order valence-electron chi connectivity index (χ4n) is 8.69. The van der Waals surface area contributed by atoms with Crippen molar-refractivity contribution in [3.05, 3.63) is 190 Å². The van der Waals surface area contributed by atoms with Crippen LogP contribution < -0.4 is 0 Å². The third-order valence-electron chi connectivity index (χ3n) is 11.5. The van der Waals surface area contributed by atoms with Crippen molar-refractivity contribution in [3.8, 4) is 0 Å². The SMILES string of the molecule is ClN1C2=NC(=NC3=NC(=NC4(Cl)N=C(N=C5N=C1c1cc6ccccc6cc15)c1cc5ccccc5cc14)c1cc4ccccc4cc13)c1cc3ccccc3cc12. The Bertz CT molecular complexity index is 3500. The first-order chi connectivity index (χ1) is 28.4. The molecule has 8 aromatic rings. The minimum atomic E-state index is -1.60. The monoisotopic (exact) mass is 782 g/mol. The van der Waals surface area contributed by atoms with E-state index in [-0.39, 0.29) is 0 Å². The molecular weight excluding hydrogens is 759 g/mol. The van der Waals surface area contributed by atoms with Crippen LogP contribution in [-0.2, 0) is 5.12 Å². The van der Waals surface area contributed by atoms with E-state index in [0.29, 0.717) is 46.4 Å². The second-order valence-corrected chi connectivity index (χ2v) is 15.8. The second-order valence-electron chi connectivity index (χ2n) is 14.9. The molecule has 0 saturated carbocycles. The highest BCUT2D eigenvalue weighted by atomic mass is 35.5. The molecule has 1 atom stereocenters. The Morgan fingerprint density at radius 1 is 0.345 bits per heavy atom. The van der Waals surface area contributed by atoms with Gasteiger partial charge in [-0.2, -0.15) is 0 Å². The molecule has 0 N–H and O–H groups in total. The van der Waals surface area contributed by atoms with Gasteiger partial charge in [0, 0.05) is 56.3 Å². The van der Waals surface area contributed by atoms with Gasteiger partial charge < -0.3 is 0 Å². The quantitative estimate of drug-likeness (QED) is 0.0855. The van der Waals surface area contributed by atoms with Gasteiger partial charge in [0.05, 0.1) is 0 Å². The largest absolute Gasteiger partial charge is 0.256 e. The maximum Gasteiger partial charge on any atom is 0.256 e. The minimum Gasteiger partial charge on any atom is -0.217 e. The molecule has 0 radical (unpaired) electrons. The van der Waals surface area contributed by atoms with Gasteiger partial charge in [-0.25, -0.2) is 39.4 Å². The number of aliphatic imine (C=N–C) groups is 7. The number of hydrogen-bond donors (Lipinski definition) is 0. The Labute approximate surface area is 340 Å². The molecule has 0 aliphatic carbocycles. The molecule has 0 saturated heterocycles. The lowest BCUT2D eigenvalue weighted by Gasteiger charge is -2.17. The van der Waals surface area contributed by atoms with Crippen LogP contribution in [0.2, 0.25) is 0 Å². The van der Waals surface area contributed by atoms with Crippen LogP contribution in [0.5, 0.6) is 0 Å². The highest BCUT2D eigenvalue weighted by Gasteiger charge is 2.42. The number of rotatable bonds is 0. The molecule has 270 valence electrons. The van der Waals surface area contributed by atoms with E-state index in [1.807, 2.05) is 48.5 Å². The van der Waals surface area contributed by atoms with Gasteiger partial charge in [0.1, 0.15) is 0 Å². The Kier molecular flexibility index (Phi) is 6.33. The number of nitrogens with zero attached hydrogens (tertiary/aromatic N) is 8. The molecule has 0 fully saturated rings. The maximum atomic E-state index is 7.69. The minimum absolute atomic E-state index is 0.406. The van der Waals surface area contributed by atoms with Crippen molar-refractivity contribution in [1.29, 1.82) is 0 Å². The molecule has 0 aromatic heterocycles. The zero-order valence-electron chi connectivity index (χ0n) is 30.2. The van der Waals surface area contributed by atoms with Gasteiger partial charge >= 0.3 is 0 Å². The lowest BCUT2D eigenvalue weighted by Crippen LogP contribution is -2.28. The molecule has 10 heteroatoms. The average molecular weight is 784 g/mol. The zero-order chi connectivity index (χ0) is 38.3. The number of alkyl halides is 1. The van der Waals surface area contributed by atoms with E-state index in [1.165, 1.54) is 4.42 Å². The molecule has 8 nitrogen and oxygen atoms in total. The van der Waals surface area contributed by atoms with E-state index in [9.17, 15) is 0 Å². The van der Waals surface area contributed by atoms with Gasteiger partial charge in [0.15, 0.2) is 40.8 Å². The van der Waals surface area contributed by atoms with E-state index >= 15 is 0 Å². The molecule has 5 aliphatic heterocycles. The topological polar surface area (TPSA) is 89.8 Å². The van der Waals surface area contributed by atoms with Gasteiger partial charge in [-0.1, -0.05) is 109 Å². The van der Waals surface area contributed by atoms with Gasteiger partial charge in [-0.15, -0.1) is 0 Å². The number of benzene rings is 8. The molecule has 1 unspecified atom stereocenters. The van der Waals surface area contributed by atoms with Gasteiger partial charge in [0.2, 0.25) is 0 Å². The normalized spacial score (nSPS) is 18.6. The summed E-state index contributed by atoms with van der Waals surface area (Å²) in [6.45, 7) is 0. The summed E-state index contributed by atoms with van der Waals surface area (Å²) < 4.78 is 1.53. The van der Waals surface area contributed by atoms with Gasteiger partial charge in [-0.3, -0.25) is 0 Å². The van der Waals surface area contributed by atoms with Crippen molar-refractivity contribution < 1.29 is 0 Å². The smallest absolute Gasteiger partial charge is 0.217 e. The van der Waals surface area contributed by atoms with E-state index in [0.717, 1.165) is 82.0 Å². The van der Waals surface area contributed by atoms with Crippen LogP contribution in [0.15, 0.2) is 181 Å². The maximum absolute atomic E-state index is 7.69. The second kappa shape index (κ2) is 11.5. The Morgan fingerprint density at radius 3 is 1.07 bits per heavy atom. The van der Waals surface area contributed by atoms with E-state index < -0.39 is 5.12 Å². The van der Waals surface area contributed by atoms with Crippen LogP contribution in [0.25, 0.3) is 43.1 Å². The fourth-order valence-corrected chi connectivity index (χ4v) is 9.27. The first-order valence-corrected chi connectivity index (χ1v) is 19.6. The van der Waals surface area contributed by atoms with Gasteiger partial charge in [0.25, 0.3) is 5.12 Å². The number of fused-ring (bicyclic) bond motifs is 20. The molecule has 0 spiro atoms. The summed E-state index contributed by atoms with van der Waals surface area (Å²) in [6.07, 6.45) is 0. The lowest BCUT2D eigenvalue weighted by atomic mass is 9.99. The Hall–Kier alpha value is -7.13. The summed E-state index contributed by atoms with van der Waals surface area (Å²) in [5.41, 5.74) is 6.33. The first kappa shape index (κ1) is 32.0. The van der Waals surface area contributed by atoms with Crippen molar-refractivity contribution in [3.63, 3.8) is 0 Å². The number of halogens is 2. The summed E-state index contributed by atoms with van der Waals surface area (Å²) in [7, 11) is 0. The number of hydrogen-bond acceptors (Lipinski definition) is 8. The summed E-state index contributed by atoms with van der Waals surface area (Å²) in [4.78, 5) is 36.3. The van der Waals surface area contributed by atoms with Crippen LogP contribution >= 0.6 is 23.4 Å².